The number of para-hydroxylation sites is 1. The minimum atomic E-state index is -0.261. The molecule has 0 spiro atoms. The van der Waals surface area contributed by atoms with Crippen molar-refractivity contribution in [2.75, 3.05) is 6.61 Å². The average molecular weight is 376 g/mol. The molecular formula is C22H20N2O2S. The molecule has 0 radical (unpaired) electrons. The van der Waals surface area contributed by atoms with Gasteiger partial charge in [-0.25, -0.2) is 5.01 Å². The molecule has 0 unspecified atom stereocenters. The molecule has 1 aromatic heterocycles. The quantitative estimate of drug-likeness (QED) is 0.612. The van der Waals surface area contributed by atoms with Crippen molar-refractivity contribution < 1.29 is 9.47 Å². The van der Waals surface area contributed by atoms with E-state index in [-0.39, 0.29) is 12.3 Å². The van der Waals surface area contributed by atoms with Crippen LogP contribution in [0.25, 0.3) is 0 Å². The van der Waals surface area contributed by atoms with Gasteiger partial charge in [0.05, 0.1) is 23.2 Å². The van der Waals surface area contributed by atoms with Gasteiger partial charge in [-0.2, -0.15) is 5.10 Å². The molecule has 3 aromatic rings. The van der Waals surface area contributed by atoms with Crippen molar-refractivity contribution in [1.82, 2.24) is 5.01 Å². The summed E-state index contributed by atoms with van der Waals surface area (Å²) in [4.78, 5) is 1.23. The first-order valence-electron chi connectivity index (χ1n) is 9.21. The summed E-state index contributed by atoms with van der Waals surface area (Å²) in [5.41, 5.74) is 3.38. The van der Waals surface area contributed by atoms with Gasteiger partial charge in [-0.3, -0.25) is 0 Å². The van der Waals surface area contributed by atoms with Gasteiger partial charge >= 0.3 is 0 Å². The maximum Gasteiger partial charge on any atom is 0.214 e. The molecule has 0 amide bonds. The van der Waals surface area contributed by atoms with Crippen LogP contribution in [-0.2, 0) is 0 Å². The summed E-state index contributed by atoms with van der Waals surface area (Å²) < 4.78 is 12.1. The molecule has 0 aliphatic carbocycles. The summed E-state index contributed by atoms with van der Waals surface area (Å²) in [6, 6.07) is 20.8. The van der Waals surface area contributed by atoms with Crippen molar-refractivity contribution in [2.24, 2.45) is 5.10 Å². The molecule has 2 atom stereocenters. The van der Waals surface area contributed by atoms with Crippen LogP contribution in [0.3, 0.4) is 0 Å². The van der Waals surface area contributed by atoms with E-state index < -0.39 is 0 Å². The van der Waals surface area contributed by atoms with E-state index in [4.69, 9.17) is 14.6 Å². The highest BCUT2D eigenvalue weighted by atomic mass is 32.1. The highest BCUT2D eigenvalue weighted by molar-refractivity contribution is 7.12. The predicted molar refractivity (Wildman–Crippen MR) is 107 cm³/mol. The zero-order chi connectivity index (χ0) is 18.2. The first-order valence-corrected chi connectivity index (χ1v) is 10.1. The average Bonchev–Trinajstić information content (AvgIpc) is 3.37. The van der Waals surface area contributed by atoms with Gasteiger partial charge in [0.25, 0.3) is 0 Å². The summed E-state index contributed by atoms with van der Waals surface area (Å²) in [6.45, 7) is 2.64. The molecule has 5 heteroatoms. The minimum absolute atomic E-state index is 0.188. The minimum Gasteiger partial charge on any atom is -0.494 e. The van der Waals surface area contributed by atoms with Crippen LogP contribution in [0.15, 0.2) is 71.1 Å². The summed E-state index contributed by atoms with van der Waals surface area (Å²) in [6.07, 6.45) is 0.630. The van der Waals surface area contributed by atoms with Gasteiger partial charge in [0.2, 0.25) is 6.23 Å². The number of fused-ring (bicyclic) bond motifs is 3. The van der Waals surface area contributed by atoms with E-state index in [2.05, 4.69) is 52.9 Å². The second kappa shape index (κ2) is 6.74. The molecule has 0 saturated carbocycles. The third kappa shape index (κ3) is 2.88. The lowest BCUT2D eigenvalue weighted by Crippen LogP contribution is -2.33. The Bertz CT molecular complexity index is 983. The number of thiophene rings is 1. The third-order valence-electron chi connectivity index (χ3n) is 4.96. The number of hydrogen-bond acceptors (Lipinski definition) is 5. The number of ether oxygens (including phenoxy) is 2. The Labute approximate surface area is 162 Å². The van der Waals surface area contributed by atoms with Gasteiger partial charge < -0.3 is 9.47 Å². The van der Waals surface area contributed by atoms with Crippen LogP contribution in [-0.4, -0.2) is 17.3 Å². The molecule has 5 rings (SSSR count). The molecule has 2 aliphatic heterocycles. The van der Waals surface area contributed by atoms with Crippen molar-refractivity contribution >= 4 is 17.0 Å². The van der Waals surface area contributed by atoms with Gasteiger partial charge in [0, 0.05) is 17.5 Å². The molecular weight excluding hydrogens is 356 g/mol. The molecule has 3 heterocycles. The van der Waals surface area contributed by atoms with Crippen LogP contribution in [0.4, 0.5) is 0 Å². The van der Waals surface area contributed by atoms with E-state index in [0.717, 1.165) is 29.2 Å². The molecule has 0 fully saturated rings. The van der Waals surface area contributed by atoms with Crippen LogP contribution in [0.1, 0.15) is 41.6 Å². The predicted octanol–water partition coefficient (Wildman–Crippen LogP) is 5.39. The molecule has 0 bridgehead atoms. The molecule has 0 N–H and O–H groups in total. The number of hydrogen-bond donors (Lipinski definition) is 0. The van der Waals surface area contributed by atoms with Crippen molar-refractivity contribution in [2.45, 2.75) is 25.6 Å². The standard InChI is InChI=1S/C22H20N2O2S/c1-2-25-16-8-5-7-15(13-16)22-24-19(17-9-3-4-10-20(17)26-22)14-18(23-24)21-11-6-12-27-21/h3-13,19,22H,2,14H2,1H3/t19-,22+/m0/s1. The van der Waals surface area contributed by atoms with Crippen LogP contribution in [0.2, 0.25) is 0 Å². The number of rotatable bonds is 4. The second-order valence-corrected chi connectivity index (χ2v) is 7.59. The van der Waals surface area contributed by atoms with Crippen LogP contribution < -0.4 is 9.47 Å². The molecule has 27 heavy (non-hydrogen) atoms. The summed E-state index contributed by atoms with van der Waals surface area (Å²) in [7, 11) is 0. The van der Waals surface area contributed by atoms with Crippen LogP contribution in [0, 0.1) is 0 Å². The summed E-state index contributed by atoms with van der Waals surface area (Å²) in [5.74, 6) is 1.80. The van der Waals surface area contributed by atoms with E-state index in [9.17, 15) is 0 Å². The van der Waals surface area contributed by atoms with E-state index >= 15 is 0 Å². The van der Waals surface area contributed by atoms with Crippen molar-refractivity contribution in [1.29, 1.82) is 0 Å². The summed E-state index contributed by atoms with van der Waals surface area (Å²) >= 11 is 1.73. The first-order chi connectivity index (χ1) is 13.3. The Hall–Kier alpha value is -2.79. The van der Waals surface area contributed by atoms with Crippen molar-refractivity contribution in [3.8, 4) is 11.5 Å². The fraction of sp³-hybridized carbons (Fsp3) is 0.227. The van der Waals surface area contributed by atoms with E-state index in [1.807, 2.05) is 25.1 Å². The zero-order valence-corrected chi connectivity index (χ0v) is 15.9. The van der Waals surface area contributed by atoms with E-state index in [0.29, 0.717) is 6.61 Å². The van der Waals surface area contributed by atoms with Gasteiger partial charge in [-0.15, -0.1) is 11.3 Å². The fourth-order valence-corrected chi connectivity index (χ4v) is 4.49. The number of benzene rings is 2. The molecule has 136 valence electrons. The summed E-state index contributed by atoms with van der Waals surface area (Å²) in [5, 5.41) is 9.19. The normalized spacial score (nSPS) is 20.5. The van der Waals surface area contributed by atoms with Crippen LogP contribution >= 0.6 is 11.3 Å². The van der Waals surface area contributed by atoms with Gasteiger partial charge in [0.1, 0.15) is 11.5 Å². The first kappa shape index (κ1) is 16.4. The Morgan fingerprint density at radius 2 is 2.07 bits per heavy atom. The molecule has 2 aliphatic rings. The maximum absolute atomic E-state index is 6.40. The fourth-order valence-electron chi connectivity index (χ4n) is 3.77. The van der Waals surface area contributed by atoms with Crippen molar-refractivity contribution in [3.05, 3.63) is 82.0 Å². The second-order valence-electron chi connectivity index (χ2n) is 6.64. The van der Waals surface area contributed by atoms with E-state index in [1.165, 1.54) is 10.4 Å². The zero-order valence-electron chi connectivity index (χ0n) is 15.0. The monoisotopic (exact) mass is 376 g/mol. The Kier molecular flexibility index (Phi) is 4.09. The number of hydrazone groups is 1. The lowest BCUT2D eigenvalue weighted by atomic mass is 9.98. The lowest BCUT2D eigenvalue weighted by molar-refractivity contribution is -0.0191. The Balaban J connectivity index is 1.58. The van der Waals surface area contributed by atoms with Crippen LogP contribution in [0.5, 0.6) is 11.5 Å². The van der Waals surface area contributed by atoms with E-state index in [1.54, 1.807) is 11.3 Å². The van der Waals surface area contributed by atoms with Gasteiger partial charge in [0.15, 0.2) is 0 Å². The van der Waals surface area contributed by atoms with Gasteiger partial charge in [-0.1, -0.05) is 36.4 Å². The number of nitrogens with zero attached hydrogens (tertiary/aromatic N) is 2. The third-order valence-corrected chi connectivity index (χ3v) is 5.88. The maximum atomic E-state index is 6.40. The topological polar surface area (TPSA) is 34.1 Å². The highest BCUT2D eigenvalue weighted by Crippen LogP contribution is 2.47. The van der Waals surface area contributed by atoms with Gasteiger partial charge in [-0.05, 0) is 36.6 Å². The highest BCUT2D eigenvalue weighted by Gasteiger charge is 2.41. The molecule has 4 nitrogen and oxygen atoms in total. The molecule has 2 aromatic carbocycles. The molecule has 0 saturated heterocycles. The van der Waals surface area contributed by atoms with Crippen molar-refractivity contribution in [3.63, 3.8) is 0 Å². The largest absolute Gasteiger partial charge is 0.494 e. The lowest BCUT2D eigenvalue weighted by Gasteiger charge is -2.38. The Morgan fingerprint density at radius 3 is 2.93 bits per heavy atom. The smallest absolute Gasteiger partial charge is 0.214 e. The Morgan fingerprint density at radius 1 is 1.15 bits per heavy atom. The SMILES string of the molecule is CCOc1cccc([C@H]2Oc3ccccc3[C@@H]3CC(c4cccs4)=NN23)c1.